The molecule has 1 fully saturated rings. The average molecular weight is 441 g/mol. The number of alkyl halides is 3. The van der Waals surface area contributed by atoms with Crippen molar-refractivity contribution in [2.24, 2.45) is 0 Å². The van der Waals surface area contributed by atoms with Gasteiger partial charge in [-0.05, 0) is 42.8 Å². The number of nitrogens with zero attached hydrogens (tertiary/aromatic N) is 4. The highest BCUT2D eigenvalue weighted by atomic mass is 19.4. The van der Waals surface area contributed by atoms with E-state index in [4.69, 9.17) is 4.74 Å². The van der Waals surface area contributed by atoms with Gasteiger partial charge < -0.3 is 15.0 Å². The van der Waals surface area contributed by atoms with Gasteiger partial charge in [-0.1, -0.05) is 12.1 Å². The van der Waals surface area contributed by atoms with E-state index in [1.54, 1.807) is 12.3 Å². The molecular formula is C23H22F3N5O. The van der Waals surface area contributed by atoms with E-state index >= 15 is 0 Å². The fourth-order valence-corrected chi connectivity index (χ4v) is 4.05. The molecule has 1 aliphatic heterocycles. The maximum atomic E-state index is 13.2. The first kappa shape index (κ1) is 20.6. The van der Waals surface area contributed by atoms with Gasteiger partial charge in [-0.3, -0.25) is 4.40 Å². The Morgan fingerprint density at radius 2 is 1.91 bits per heavy atom. The molecule has 4 aromatic rings. The molecule has 1 aliphatic rings. The summed E-state index contributed by atoms with van der Waals surface area (Å²) < 4.78 is 46.9. The number of rotatable bonds is 4. The largest absolute Gasteiger partial charge is 0.416 e. The van der Waals surface area contributed by atoms with Crippen LogP contribution in [0, 0.1) is 0 Å². The molecule has 0 saturated carbocycles. The standard InChI is InChI=1S/C23H22F3N5O/c1-15(16-3-2-4-17(13-16)23(24,25)26)28-21-19-14-18(30-9-11-32-12-10-30)5-6-20(19)31-8-7-27-22(31)29-21/h2-8,13-15H,9-12H2,1H3,(H,27,28,29)/t15-/m1/s1. The van der Waals surface area contributed by atoms with Crippen LogP contribution < -0.4 is 10.2 Å². The lowest BCUT2D eigenvalue weighted by Gasteiger charge is -2.29. The SMILES string of the molecule is C[C@@H](Nc1nc2nccn2c2ccc(N3CCOCC3)cc12)c1cccc(C(F)(F)F)c1. The Morgan fingerprint density at radius 3 is 2.69 bits per heavy atom. The van der Waals surface area contributed by atoms with Gasteiger partial charge in [0.1, 0.15) is 5.82 Å². The van der Waals surface area contributed by atoms with Crippen molar-refractivity contribution >= 4 is 28.2 Å². The van der Waals surface area contributed by atoms with Crippen LogP contribution in [0.2, 0.25) is 0 Å². The number of imidazole rings is 1. The lowest BCUT2D eigenvalue weighted by molar-refractivity contribution is -0.137. The number of benzene rings is 2. The number of fused-ring (bicyclic) bond motifs is 3. The number of halogens is 3. The van der Waals surface area contributed by atoms with Crippen molar-refractivity contribution in [1.29, 1.82) is 0 Å². The summed E-state index contributed by atoms with van der Waals surface area (Å²) in [6.07, 6.45) is -0.862. The normalized spacial score (nSPS) is 15.9. The Morgan fingerprint density at radius 1 is 1.09 bits per heavy atom. The average Bonchev–Trinajstić information content (AvgIpc) is 3.27. The zero-order valence-corrected chi connectivity index (χ0v) is 17.4. The second-order valence-electron chi connectivity index (χ2n) is 7.85. The van der Waals surface area contributed by atoms with Crippen molar-refractivity contribution in [1.82, 2.24) is 14.4 Å². The van der Waals surface area contributed by atoms with Gasteiger partial charge in [0.2, 0.25) is 5.78 Å². The number of aromatic nitrogens is 3. The monoisotopic (exact) mass is 441 g/mol. The van der Waals surface area contributed by atoms with Crippen molar-refractivity contribution in [3.8, 4) is 0 Å². The van der Waals surface area contributed by atoms with Gasteiger partial charge in [-0.15, -0.1) is 0 Å². The molecule has 0 bridgehead atoms. The van der Waals surface area contributed by atoms with E-state index < -0.39 is 17.8 Å². The summed E-state index contributed by atoms with van der Waals surface area (Å²) in [5.74, 6) is 1.11. The topological polar surface area (TPSA) is 54.7 Å². The Hall–Kier alpha value is -3.33. The van der Waals surface area contributed by atoms with Crippen LogP contribution in [0.25, 0.3) is 16.7 Å². The molecule has 5 rings (SSSR count). The van der Waals surface area contributed by atoms with Crippen LogP contribution in [-0.4, -0.2) is 40.7 Å². The van der Waals surface area contributed by atoms with Crippen LogP contribution in [0.1, 0.15) is 24.1 Å². The summed E-state index contributed by atoms with van der Waals surface area (Å²) in [5.41, 5.74) is 1.84. The van der Waals surface area contributed by atoms with Gasteiger partial charge >= 0.3 is 6.18 Å². The first-order valence-corrected chi connectivity index (χ1v) is 10.4. The molecule has 6 nitrogen and oxygen atoms in total. The van der Waals surface area contributed by atoms with Crippen molar-refractivity contribution in [2.75, 3.05) is 36.5 Å². The summed E-state index contributed by atoms with van der Waals surface area (Å²) in [4.78, 5) is 11.2. The molecule has 166 valence electrons. The zero-order chi connectivity index (χ0) is 22.3. The van der Waals surface area contributed by atoms with Crippen LogP contribution in [0.4, 0.5) is 24.7 Å². The number of ether oxygens (including phenoxy) is 1. The summed E-state index contributed by atoms with van der Waals surface area (Å²) in [7, 11) is 0. The molecule has 32 heavy (non-hydrogen) atoms. The Bertz CT molecular complexity index is 1260. The molecule has 1 atom stereocenters. The van der Waals surface area contributed by atoms with Crippen LogP contribution >= 0.6 is 0 Å². The third kappa shape index (κ3) is 3.84. The Labute approximate surface area is 182 Å². The lowest BCUT2D eigenvalue weighted by Crippen LogP contribution is -2.36. The fraction of sp³-hybridized carbons (Fsp3) is 0.304. The molecule has 0 spiro atoms. The number of hydrogen-bond donors (Lipinski definition) is 1. The van der Waals surface area contributed by atoms with E-state index in [2.05, 4.69) is 32.3 Å². The van der Waals surface area contributed by atoms with Crippen LogP contribution in [0.3, 0.4) is 0 Å². The Kier molecular flexibility index (Phi) is 5.13. The van der Waals surface area contributed by atoms with Gasteiger partial charge in [0.05, 0.1) is 24.3 Å². The van der Waals surface area contributed by atoms with Crippen molar-refractivity contribution < 1.29 is 17.9 Å². The number of nitrogens with one attached hydrogen (secondary N) is 1. The highest BCUT2D eigenvalue weighted by molar-refractivity contribution is 5.93. The van der Waals surface area contributed by atoms with E-state index in [9.17, 15) is 13.2 Å². The number of hydrogen-bond acceptors (Lipinski definition) is 5. The third-order valence-electron chi connectivity index (χ3n) is 5.77. The summed E-state index contributed by atoms with van der Waals surface area (Å²) >= 11 is 0. The minimum absolute atomic E-state index is 0.391. The second kappa shape index (κ2) is 7.98. The third-order valence-corrected chi connectivity index (χ3v) is 5.77. The van der Waals surface area contributed by atoms with E-state index in [1.807, 2.05) is 23.6 Å². The zero-order valence-electron chi connectivity index (χ0n) is 17.4. The van der Waals surface area contributed by atoms with Crippen LogP contribution in [0.5, 0.6) is 0 Å². The van der Waals surface area contributed by atoms with Crippen molar-refractivity contribution in [2.45, 2.75) is 19.1 Å². The molecule has 2 aromatic heterocycles. The maximum absolute atomic E-state index is 13.2. The molecule has 0 amide bonds. The van der Waals surface area contributed by atoms with Crippen LogP contribution in [-0.2, 0) is 10.9 Å². The van der Waals surface area contributed by atoms with Gasteiger partial charge in [0, 0.05) is 42.6 Å². The highest BCUT2D eigenvalue weighted by Gasteiger charge is 2.30. The quantitative estimate of drug-likeness (QED) is 0.488. The molecule has 1 N–H and O–H groups in total. The van der Waals surface area contributed by atoms with Crippen LogP contribution in [0.15, 0.2) is 54.9 Å². The summed E-state index contributed by atoms with van der Waals surface area (Å²) in [6.45, 7) is 4.78. The highest BCUT2D eigenvalue weighted by Crippen LogP contribution is 2.33. The molecule has 0 unspecified atom stereocenters. The molecule has 0 aliphatic carbocycles. The predicted molar refractivity (Wildman–Crippen MR) is 117 cm³/mol. The minimum Gasteiger partial charge on any atom is -0.378 e. The van der Waals surface area contributed by atoms with E-state index in [0.29, 0.717) is 30.4 Å². The molecule has 9 heteroatoms. The second-order valence-corrected chi connectivity index (χ2v) is 7.85. The first-order valence-electron chi connectivity index (χ1n) is 10.4. The van der Waals surface area contributed by atoms with Crippen molar-refractivity contribution in [3.05, 3.63) is 66.0 Å². The molecule has 1 saturated heterocycles. The predicted octanol–water partition coefficient (Wildman–Crippen LogP) is 4.91. The molecule has 3 heterocycles. The summed E-state index contributed by atoms with van der Waals surface area (Å²) in [6, 6.07) is 11.1. The Balaban J connectivity index is 1.55. The molecule has 2 aromatic carbocycles. The minimum atomic E-state index is -4.39. The molecule has 0 radical (unpaired) electrons. The first-order chi connectivity index (χ1) is 15.4. The smallest absolute Gasteiger partial charge is 0.378 e. The van der Waals surface area contributed by atoms with Crippen molar-refractivity contribution in [3.63, 3.8) is 0 Å². The fourth-order valence-electron chi connectivity index (χ4n) is 4.05. The maximum Gasteiger partial charge on any atom is 0.416 e. The number of morpholine rings is 1. The van der Waals surface area contributed by atoms with E-state index in [-0.39, 0.29) is 0 Å². The lowest BCUT2D eigenvalue weighted by atomic mass is 10.0. The van der Waals surface area contributed by atoms with E-state index in [0.717, 1.165) is 35.7 Å². The number of anilines is 2. The molecular weight excluding hydrogens is 419 g/mol. The van der Waals surface area contributed by atoms with Gasteiger partial charge in [-0.2, -0.15) is 18.2 Å². The van der Waals surface area contributed by atoms with E-state index in [1.165, 1.54) is 12.1 Å². The van der Waals surface area contributed by atoms with Gasteiger partial charge in [0.15, 0.2) is 0 Å². The van der Waals surface area contributed by atoms with Gasteiger partial charge in [0.25, 0.3) is 0 Å². The summed E-state index contributed by atoms with van der Waals surface area (Å²) in [5, 5.41) is 4.19. The van der Waals surface area contributed by atoms with Gasteiger partial charge in [-0.25, -0.2) is 4.98 Å².